The molecule has 4 heteroatoms. The number of nitrogens with zero attached hydrogens (tertiary/aromatic N) is 2. The minimum absolute atomic E-state index is 0.602. The largest absolute Gasteiger partial charge is 0.370 e. The summed E-state index contributed by atoms with van der Waals surface area (Å²) in [5.74, 6) is 4.56. The maximum atomic E-state index is 4.68. The first-order valence-electron chi connectivity index (χ1n) is 8.22. The molecule has 2 aliphatic rings. The topological polar surface area (TPSA) is 49.8 Å². The molecular formula is C16H26N4. The lowest BCUT2D eigenvalue weighted by Crippen LogP contribution is -2.16. The summed E-state index contributed by atoms with van der Waals surface area (Å²) in [6.07, 6.45) is 9.16. The van der Waals surface area contributed by atoms with Gasteiger partial charge in [0.2, 0.25) is 0 Å². The number of rotatable bonds is 8. The Balaban J connectivity index is 1.59. The smallest absolute Gasteiger partial charge is 0.136 e. The fourth-order valence-electron chi connectivity index (χ4n) is 2.61. The molecule has 2 saturated carbocycles. The Labute approximate surface area is 121 Å². The Hall–Kier alpha value is -1.32. The van der Waals surface area contributed by atoms with Gasteiger partial charge in [0.05, 0.1) is 0 Å². The summed E-state index contributed by atoms with van der Waals surface area (Å²) in [6, 6.07) is 2.06. The van der Waals surface area contributed by atoms with Crippen molar-refractivity contribution in [2.24, 2.45) is 5.92 Å². The molecule has 2 fully saturated rings. The van der Waals surface area contributed by atoms with Crippen LogP contribution in [-0.4, -0.2) is 23.1 Å². The molecule has 0 unspecified atom stereocenters. The van der Waals surface area contributed by atoms with Crippen molar-refractivity contribution in [1.82, 2.24) is 9.97 Å². The Bertz CT molecular complexity index is 438. The average molecular weight is 274 g/mol. The number of anilines is 2. The van der Waals surface area contributed by atoms with E-state index >= 15 is 0 Å². The van der Waals surface area contributed by atoms with Gasteiger partial charge in [0, 0.05) is 25.1 Å². The molecule has 1 heterocycles. The molecule has 0 spiro atoms. The molecule has 0 amide bonds. The van der Waals surface area contributed by atoms with Crippen molar-refractivity contribution in [2.75, 3.05) is 23.7 Å². The van der Waals surface area contributed by atoms with Gasteiger partial charge in [-0.25, -0.2) is 9.97 Å². The van der Waals surface area contributed by atoms with E-state index in [1.54, 1.807) is 0 Å². The van der Waals surface area contributed by atoms with Crippen LogP contribution in [-0.2, 0) is 0 Å². The second-order valence-electron chi connectivity index (χ2n) is 6.21. The Kier molecular flexibility index (Phi) is 4.38. The third kappa shape index (κ3) is 3.62. The normalized spacial score (nSPS) is 18.6. The molecule has 1 aromatic rings. The Morgan fingerprint density at radius 3 is 2.30 bits per heavy atom. The van der Waals surface area contributed by atoms with Gasteiger partial charge < -0.3 is 10.6 Å². The van der Waals surface area contributed by atoms with Crippen LogP contribution in [0.5, 0.6) is 0 Å². The fraction of sp³-hybridized carbons (Fsp3) is 0.750. The zero-order valence-corrected chi connectivity index (χ0v) is 12.5. The summed E-state index contributed by atoms with van der Waals surface area (Å²) < 4.78 is 0. The van der Waals surface area contributed by atoms with E-state index in [1.165, 1.54) is 38.5 Å². The lowest BCUT2D eigenvalue weighted by atomic mass is 9.83. The summed E-state index contributed by atoms with van der Waals surface area (Å²) in [5, 5.41) is 6.88. The van der Waals surface area contributed by atoms with Crippen LogP contribution in [0.2, 0.25) is 0 Å². The lowest BCUT2D eigenvalue weighted by molar-refractivity contribution is 0.303. The van der Waals surface area contributed by atoms with Crippen molar-refractivity contribution in [3.8, 4) is 0 Å². The van der Waals surface area contributed by atoms with E-state index < -0.39 is 0 Å². The highest BCUT2D eigenvalue weighted by atomic mass is 15.1. The van der Waals surface area contributed by atoms with Gasteiger partial charge in [-0.1, -0.05) is 26.2 Å². The third-order valence-electron chi connectivity index (χ3n) is 4.33. The maximum absolute atomic E-state index is 4.68. The van der Waals surface area contributed by atoms with E-state index in [-0.39, 0.29) is 0 Å². The fourth-order valence-corrected chi connectivity index (χ4v) is 2.61. The molecule has 1 aromatic heterocycles. The SMILES string of the molecule is CCCNc1cc(NCCC2CCC2)nc(C2CC2)n1. The molecule has 0 bridgehead atoms. The molecule has 4 nitrogen and oxygen atoms in total. The van der Waals surface area contributed by atoms with Crippen LogP contribution in [0.4, 0.5) is 11.6 Å². The van der Waals surface area contributed by atoms with Crippen molar-refractivity contribution < 1.29 is 0 Å². The Morgan fingerprint density at radius 2 is 1.75 bits per heavy atom. The van der Waals surface area contributed by atoms with Crippen LogP contribution in [0, 0.1) is 5.92 Å². The van der Waals surface area contributed by atoms with Crippen LogP contribution in [0.15, 0.2) is 6.07 Å². The third-order valence-corrected chi connectivity index (χ3v) is 4.33. The van der Waals surface area contributed by atoms with Gasteiger partial charge in [0.1, 0.15) is 17.5 Å². The standard InChI is InChI=1S/C16H26N4/c1-2-9-17-14-11-15(18-10-8-12-4-3-5-12)20-16(19-14)13-6-7-13/h11-13H,2-10H2,1H3,(H2,17,18,19,20). The lowest BCUT2D eigenvalue weighted by Gasteiger charge is -2.25. The molecule has 2 aliphatic carbocycles. The van der Waals surface area contributed by atoms with Gasteiger partial charge in [-0.05, 0) is 31.6 Å². The molecule has 0 aromatic carbocycles. The average Bonchev–Trinajstić information content (AvgIpc) is 3.23. The van der Waals surface area contributed by atoms with Crippen molar-refractivity contribution in [3.63, 3.8) is 0 Å². The summed E-state index contributed by atoms with van der Waals surface area (Å²) >= 11 is 0. The monoisotopic (exact) mass is 274 g/mol. The van der Waals surface area contributed by atoms with E-state index in [0.717, 1.165) is 42.9 Å². The van der Waals surface area contributed by atoms with Gasteiger partial charge in [-0.2, -0.15) is 0 Å². The zero-order valence-electron chi connectivity index (χ0n) is 12.5. The van der Waals surface area contributed by atoms with Crippen LogP contribution in [0.3, 0.4) is 0 Å². The quantitative estimate of drug-likeness (QED) is 0.757. The summed E-state index contributed by atoms with van der Waals surface area (Å²) in [5.41, 5.74) is 0. The molecule has 110 valence electrons. The first-order valence-corrected chi connectivity index (χ1v) is 8.22. The van der Waals surface area contributed by atoms with E-state index in [9.17, 15) is 0 Å². The highest BCUT2D eigenvalue weighted by Crippen LogP contribution is 2.38. The van der Waals surface area contributed by atoms with Crippen molar-refractivity contribution in [2.45, 2.75) is 57.8 Å². The summed E-state index contributed by atoms with van der Waals surface area (Å²) in [7, 11) is 0. The van der Waals surface area contributed by atoms with Gasteiger partial charge in [-0.15, -0.1) is 0 Å². The number of hydrogen-bond acceptors (Lipinski definition) is 4. The van der Waals surface area contributed by atoms with Crippen molar-refractivity contribution >= 4 is 11.6 Å². The van der Waals surface area contributed by atoms with Crippen molar-refractivity contribution in [3.05, 3.63) is 11.9 Å². The van der Waals surface area contributed by atoms with Crippen LogP contribution < -0.4 is 10.6 Å². The molecule has 0 atom stereocenters. The molecule has 0 radical (unpaired) electrons. The van der Waals surface area contributed by atoms with Crippen LogP contribution in [0.1, 0.15) is 63.6 Å². The second kappa shape index (κ2) is 6.42. The van der Waals surface area contributed by atoms with E-state index in [0.29, 0.717) is 5.92 Å². The van der Waals surface area contributed by atoms with E-state index in [4.69, 9.17) is 0 Å². The van der Waals surface area contributed by atoms with E-state index in [1.807, 2.05) is 0 Å². The van der Waals surface area contributed by atoms with E-state index in [2.05, 4.69) is 33.6 Å². The van der Waals surface area contributed by atoms with Gasteiger partial charge in [0.25, 0.3) is 0 Å². The molecular weight excluding hydrogens is 248 g/mol. The predicted molar refractivity (Wildman–Crippen MR) is 83.2 cm³/mol. The first-order chi connectivity index (χ1) is 9.85. The molecule has 20 heavy (non-hydrogen) atoms. The highest BCUT2D eigenvalue weighted by molar-refractivity contribution is 5.48. The highest BCUT2D eigenvalue weighted by Gasteiger charge is 2.27. The van der Waals surface area contributed by atoms with Crippen LogP contribution >= 0.6 is 0 Å². The predicted octanol–water partition coefficient (Wildman–Crippen LogP) is 3.78. The molecule has 0 saturated heterocycles. The zero-order chi connectivity index (χ0) is 13.8. The minimum atomic E-state index is 0.602. The van der Waals surface area contributed by atoms with Crippen LogP contribution in [0.25, 0.3) is 0 Å². The van der Waals surface area contributed by atoms with Gasteiger partial charge >= 0.3 is 0 Å². The minimum Gasteiger partial charge on any atom is -0.370 e. The molecule has 0 aliphatic heterocycles. The van der Waals surface area contributed by atoms with Gasteiger partial charge in [-0.3, -0.25) is 0 Å². The first kappa shape index (κ1) is 13.7. The Morgan fingerprint density at radius 1 is 1.05 bits per heavy atom. The molecule has 2 N–H and O–H groups in total. The molecule has 3 rings (SSSR count). The summed E-state index contributed by atoms with van der Waals surface area (Å²) in [6.45, 7) is 4.19. The maximum Gasteiger partial charge on any atom is 0.136 e. The number of nitrogens with one attached hydrogen (secondary N) is 2. The number of aromatic nitrogens is 2. The number of hydrogen-bond donors (Lipinski definition) is 2. The van der Waals surface area contributed by atoms with Gasteiger partial charge in [0.15, 0.2) is 0 Å². The second-order valence-corrected chi connectivity index (χ2v) is 6.21. The summed E-state index contributed by atoms with van der Waals surface area (Å²) in [4.78, 5) is 9.32. The van der Waals surface area contributed by atoms with Crippen molar-refractivity contribution in [1.29, 1.82) is 0 Å².